The van der Waals surface area contributed by atoms with E-state index < -0.39 is 20.0 Å². The molecule has 0 spiro atoms. The molecule has 1 amide bonds. The molecule has 0 fully saturated rings. The lowest BCUT2D eigenvalue weighted by atomic mass is 10.0. The van der Waals surface area contributed by atoms with E-state index in [1.165, 1.54) is 141 Å². The number of phosphoric ester groups is 1. The van der Waals surface area contributed by atoms with Gasteiger partial charge in [0.25, 0.3) is 0 Å². The van der Waals surface area contributed by atoms with Gasteiger partial charge in [-0.05, 0) is 96.3 Å². The summed E-state index contributed by atoms with van der Waals surface area (Å²) < 4.78 is 23.7. The van der Waals surface area contributed by atoms with E-state index in [9.17, 15) is 19.4 Å². The Kier molecular flexibility index (Phi) is 55.3. The number of quaternary nitrogens is 1. The first-order chi connectivity index (χ1) is 37.5. The van der Waals surface area contributed by atoms with Crippen LogP contribution in [0.4, 0.5) is 0 Å². The van der Waals surface area contributed by atoms with Gasteiger partial charge in [-0.3, -0.25) is 13.8 Å². The number of aliphatic hydroxyl groups is 1. The van der Waals surface area contributed by atoms with Gasteiger partial charge in [-0.2, -0.15) is 0 Å². The highest BCUT2D eigenvalue weighted by Gasteiger charge is 2.27. The average molecular weight is 1090 g/mol. The highest BCUT2D eigenvalue weighted by atomic mass is 31.2. The van der Waals surface area contributed by atoms with E-state index in [2.05, 4.69) is 129 Å². The first-order valence-corrected chi connectivity index (χ1v) is 32.9. The predicted molar refractivity (Wildman–Crippen MR) is 336 cm³/mol. The summed E-state index contributed by atoms with van der Waals surface area (Å²) in [5.41, 5.74) is 0. The summed E-state index contributed by atoms with van der Waals surface area (Å²) in [6.45, 7) is 4.68. The fourth-order valence-corrected chi connectivity index (χ4v) is 9.28. The van der Waals surface area contributed by atoms with Gasteiger partial charge in [0.2, 0.25) is 5.91 Å². The molecule has 0 aromatic heterocycles. The lowest BCUT2D eigenvalue weighted by Crippen LogP contribution is -2.45. The average Bonchev–Trinajstić information content (AvgIpc) is 3.39. The largest absolute Gasteiger partial charge is 0.472 e. The SMILES string of the molecule is CC/C=C\C/C=C\C/C=C\C/C=C\C/C=C\C/C=C\C/C=C\C/C=C\CCCCCCCCCCCCCCC(=O)NC(COP(=O)(O)OCC[N+](C)(C)C)C(O)/C=C/CC/C=C/CCCCCCCCCCCCCC. The standard InChI is InChI=1S/C68H119N2O6P/c1-6-8-10-12-14-16-18-20-22-24-26-27-28-29-30-31-32-33-34-35-36-37-38-39-40-41-42-43-44-46-48-50-52-54-56-58-60-62-68(72)69-66(65-76-77(73,74)75-64-63-70(3,4)5)67(71)61-59-57-55-53-51-49-47-45-25-23-21-19-17-15-13-11-9-7-2/h8,10,14,16,20,22,26-27,29-30,32-33,35-36,38-39,51,53,59,61,66-67,71H,6-7,9,11-13,15,17-19,21,23-25,28,31,34,37,40-50,52,54-58,60,62-65H2,1-5H3,(H-,69,72,73,74)/p+1/b10-8-,16-14-,22-20-,27-26-,30-29-,33-32-,36-35-,39-38-,53-51+,61-59+. The number of likely N-dealkylation sites (N-methyl/N-ethyl adjacent to an activating group) is 1. The zero-order valence-electron chi connectivity index (χ0n) is 50.4. The molecule has 3 atom stereocenters. The Bertz CT molecular complexity index is 1670. The smallest absolute Gasteiger partial charge is 0.387 e. The number of nitrogens with one attached hydrogen (secondary N) is 1. The summed E-state index contributed by atoms with van der Waals surface area (Å²) >= 11 is 0. The van der Waals surface area contributed by atoms with Gasteiger partial charge in [-0.1, -0.05) is 270 Å². The number of unbranched alkanes of at least 4 members (excludes halogenated alkanes) is 25. The number of amides is 1. The highest BCUT2D eigenvalue weighted by Crippen LogP contribution is 2.43. The van der Waals surface area contributed by atoms with Crippen LogP contribution < -0.4 is 5.32 Å². The van der Waals surface area contributed by atoms with E-state index in [1.807, 2.05) is 27.2 Å². The molecule has 0 bridgehead atoms. The number of allylic oxidation sites excluding steroid dienone is 19. The van der Waals surface area contributed by atoms with Crippen molar-refractivity contribution in [2.45, 2.75) is 264 Å². The molecule has 0 rings (SSSR count). The van der Waals surface area contributed by atoms with Crippen molar-refractivity contribution >= 4 is 13.7 Å². The molecule has 8 nitrogen and oxygen atoms in total. The van der Waals surface area contributed by atoms with Crippen molar-refractivity contribution in [3.63, 3.8) is 0 Å². The third-order valence-corrected chi connectivity index (χ3v) is 14.4. The molecule has 0 saturated heterocycles. The number of rotatable bonds is 56. The molecule has 3 unspecified atom stereocenters. The molecule has 9 heteroatoms. The van der Waals surface area contributed by atoms with Gasteiger partial charge >= 0.3 is 7.82 Å². The number of carbonyl (C=O) groups is 1. The fourth-order valence-electron chi connectivity index (χ4n) is 8.54. The first-order valence-electron chi connectivity index (χ1n) is 31.4. The topological polar surface area (TPSA) is 105 Å². The maximum absolute atomic E-state index is 13.0. The van der Waals surface area contributed by atoms with Crippen molar-refractivity contribution in [2.24, 2.45) is 0 Å². The molecular weight excluding hydrogens is 972 g/mol. The number of nitrogens with zero attached hydrogens (tertiary/aromatic N) is 1. The van der Waals surface area contributed by atoms with Crippen LogP contribution in [-0.4, -0.2) is 73.4 Å². The van der Waals surface area contributed by atoms with Gasteiger partial charge < -0.3 is 19.8 Å². The van der Waals surface area contributed by atoms with E-state index in [-0.39, 0.29) is 19.1 Å². The van der Waals surface area contributed by atoms with Crippen LogP contribution in [0.5, 0.6) is 0 Å². The van der Waals surface area contributed by atoms with Crippen molar-refractivity contribution < 1.29 is 32.9 Å². The molecule has 3 N–H and O–H groups in total. The van der Waals surface area contributed by atoms with E-state index in [1.54, 1.807) is 6.08 Å². The van der Waals surface area contributed by atoms with Crippen LogP contribution >= 0.6 is 7.82 Å². The lowest BCUT2D eigenvalue weighted by Gasteiger charge is -2.25. The zero-order valence-corrected chi connectivity index (χ0v) is 51.3. The van der Waals surface area contributed by atoms with E-state index in [0.717, 1.165) is 89.9 Å². The Balaban J connectivity index is 4.14. The van der Waals surface area contributed by atoms with Crippen LogP contribution in [0.2, 0.25) is 0 Å². The second-order valence-corrected chi connectivity index (χ2v) is 23.5. The Morgan fingerprint density at radius 2 is 0.792 bits per heavy atom. The number of hydrogen-bond donors (Lipinski definition) is 3. The van der Waals surface area contributed by atoms with E-state index in [4.69, 9.17) is 9.05 Å². The molecule has 0 aromatic rings. The van der Waals surface area contributed by atoms with Crippen LogP contribution in [0, 0.1) is 0 Å². The minimum Gasteiger partial charge on any atom is -0.387 e. The minimum absolute atomic E-state index is 0.0510. The maximum Gasteiger partial charge on any atom is 0.472 e. The second kappa shape index (κ2) is 57.6. The molecule has 0 aliphatic carbocycles. The third kappa shape index (κ3) is 60.4. The number of carbonyl (C=O) groups excluding carboxylic acids is 1. The van der Waals surface area contributed by atoms with Gasteiger partial charge in [0, 0.05) is 6.42 Å². The molecular formula is C68H120N2O6P+. The third-order valence-electron chi connectivity index (χ3n) is 13.4. The van der Waals surface area contributed by atoms with Crippen LogP contribution in [0.25, 0.3) is 0 Å². The van der Waals surface area contributed by atoms with E-state index in [0.29, 0.717) is 17.4 Å². The van der Waals surface area contributed by atoms with Crippen LogP contribution in [-0.2, 0) is 18.4 Å². The van der Waals surface area contributed by atoms with Gasteiger partial charge in [0.15, 0.2) is 0 Å². The Morgan fingerprint density at radius 3 is 1.19 bits per heavy atom. The summed E-state index contributed by atoms with van der Waals surface area (Å²) in [6, 6.07) is -0.872. The normalized spacial score (nSPS) is 14.6. The number of aliphatic hydroxyl groups excluding tert-OH is 1. The van der Waals surface area contributed by atoms with Gasteiger partial charge in [0.1, 0.15) is 13.2 Å². The molecule has 0 aliphatic heterocycles. The lowest BCUT2D eigenvalue weighted by molar-refractivity contribution is -0.870. The molecule has 0 radical (unpaired) electrons. The molecule has 77 heavy (non-hydrogen) atoms. The van der Waals surface area contributed by atoms with Crippen molar-refractivity contribution in [3.8, 4) is 0 Å². The number of phosphoric acid groups is 1. The molecule has 442 valence electrons. The minimum atomic E-state index is -4.36. The second-order valence-electron chi connectivity index (χ2n) is 22.0. The molecule has 0 saturated carbocycles. The number of hydrogen-bond acceptors (Lipinski definition) is 5. The van der Waals surface area contributed by atoms with E-state index >= 15 is 0 Å². The van der Waals surface area contributed by atoms with Gasteiger partial charge in [-0.25, -0.2) is 4.57 Å². The van der Waals surface area contributed by atoms with Gasteiger partial charge in [0.05, 0.1) is 39.9 Å². The van der Waals surface area contributed by atoms with Gasteiger partial charge in [-0.15, -0.1) is 0 Å². The van der Waals surface area contributed by atoms with Crippen molar-refractivity contribution in [2.75, 3.05) is 40.9 Å². The molecule has 0 aliphatic rings. The van der Waals surface area contributed by atoms with Crippen LogP contribution in [0.15, 0.2) is 122 Å². The van der Waals surface area contributed by atoms with Crippen LogP contribution in [0.3, 0.4) is 0 Å². The summed E-state index contributed by atoms with van der Waals surface area (Å²) in [4.78, 5) is 23.3. The maximum atomic E-state index is 13.0. The summed E-state index contributed by atoms with van der Waals surface area (Å²) in [5.74, 6) is -0.193. The van der Waals surface area contributed by atoms with Crippen LogP contribution in [0.1, 0.15) is 251 Å². The Labute approximate surface area is 475 Å². The predicted octanol–water partition coefficient (Wildman–Crippen LogP) is 19.7. The molecule has 0 heterocycles. The summed E-state index contributed by atoms with van der Waals surface area (Å²) in [5, 5.41) is 13.9. The quantitative estimate of drug-likeness (QED) is 0.0243. The zero-order chi connectivity index (χ0) is 56.3. The fraction of sp³-hybridized carbons (Fsp3) is 0.691. The molecule has 0 aromatic carbocycles. The monoisotopic (exact) mass is 1090 g/mol. The van der Waals surface area contributed by atoms with Crippen molar-refractivity contribution in [3.05, 3.63) is 122 Å². The summed E-state index contributed by atoms with van der Waals surface area (Å²) in [6.07, 6.45) is 86.0. The Hall–Kier alpha value is -3.10. The Morgan fingerprint density at radius 1 is 0.455 bits per heavy atom. The summed E-state index contributed by atoms with van der Waals surface area (Å²) in [7, 11) is 1.54. The van der Waals surface area contributed by atoms with Crippen molar-refractivity contribution in [1.82, 2.24) is 5.32 Å². The first kappa shape index (κ1) is 73.9. The highest BCUT2D eigenvalue weighted by molar-refractivity contribution is 7.47. The van der Waals surface area contributed by atoms with Crippen molar-refractivity contribution in [1.29, 1.82) is 0 Å².